The summed E-state index contributed by atoms with van der Waals surface area (Å²) in [6.45, 7) is 3.25. The first-order chi connectivity index (χ1) is 9.74. The third-order valence-corrected chi connectivity index (χ3v) is 5.38. The van der Waals surface area contributed by atoms with E-state index in [1.807, 2.05) is 13.0 Å². The maximum Gasteiger partial charge on any atom is 0.264 e. The van der Waals surface area contributed by atoms with Gasteiger partial charge in [0, 0.05) is 12.3 Å². The first-order valence-corrected chi connectivity index (χ1v) is 8.40. The maximum absolute atomic E-state index is 11.8. The van der Waals surface area contributed by atoms with Crippen LogP contribution in [0.5, 0.6) is 0 Å². The van der Waals surface area contributed by atoms with Crippen LogP contribution in [0, 0.1) is 0 Å². The summed E-state index contributed by atoms with van der Waals surface area (Å²) in [6.07, 6.45) is 5.72. The lowest BCUT2D eigenvalue weighted by atomic mass is 10.0. The summed E-state index contributed by atoms with van der Waals surface area (Å²) < 4.78 is 26.9. The average Bonchev–Trinajstić information content (AvgIpc) is 2.88. The van der Waals surface area contributed by atoms with E-state index in [9.17, 15) is 13.2 Å². The minimum atomic E-state index is -3.70. The Kier molecular flexibility index (Phi) is 5.68. The number of carbonyl (C=O) groups excluding carboxylic acids is 1. The first-order valence-electron chi connectivity index (χ1n) is 6.51. The van der Waals surface area contributed by atoms with Crippen molar-refractivity contribution >= 4 is 21.8 Å². The van der Waals surface area contributed by atoms with Crippen molar-refractivity contribution in [3.8, 4) is 0 Å². The highest BCUT2D eigenvalue weighted by molar-refractivity contribution is 7.92. The first kappa shape index (κ1) is 17.4. The number of aryl methyl sites for hydroxylation is 1. The van der Waals surface area contributed by atoms with Gasteiger partial charge < -0.3 is 4.52 Å². The Morgan fingerprint density at radius 1 is 1.57 bits per heavy atom. The molecule has 0 spiro atoms. The zero-order valence-corrected chi connectivity index (χ0v) is 13.1. The molecule has 7 nitrogen and oxygen atoms in total. The van der Waals surface area contributed by atoms with Gasteiger partial charge in [-0.2, -0.15) is 0 Å². The summed E-state index contributed by atoms with van der Waals surface area (Å²) in [5.74, 6) is -0.390. The van der Waals surface area contributed by atoms with Crippen molar-refractivity contribution in [2.75, 3.05) is 6.26 Å². The number of hydrogen-bond donors (Lipinski definition) is 2. The van der Waals surface area contributed by atoms with Gasteiger partial charge in [0.1, 0.15) is 4.75 Å². The van der Waals surface area contributed by atoms with Crippen LogP contribution in [0.4, 0.5) is 0 Å². The Morgan fingerprint density at radius 3 is 2.76 bits per heavy atom. The zero-order valence-electron chi connectivity index (χ0n) is 12.3. The molecular weight excluding hydrogens is 296 g/mol. The fourth-order valence-electron chi connectivity index (χ4n) is 1.71. The summed E-state index contributed by atoms with van der Waals surface area (Å²) in [7, 11) is -3.70. The van der Waals surface area contributed by atoms with Crippen molar-refractivity contribution < 1.29 is 22.9 Å². The van der Waals surface area contributed by atoms with Gasteiger partial charge in [0.2, 0.25) is 0 Å². The van der Waals surface area contributed by atoms with Crippen molar-refractivity contribution in [3.63, 3.8) is 0 Å². The third kappa shape index (κ3) is 4.15. The van der Waals surface area contributed by atoms with Crippen molar-refractivity contribution in [1.29, 1.82) is 0 Å². The molecule has 0 aliphatic heterocycles. The minimum Gasteiger partial charge on any atom is -0.357 e. The normalized spacial score (nSPS) is 15.0. The Labute approximate surface area is 123 Å². The Balaban J connectivity index is 2.86. The van der Waals surface area contributed by atoms with Gasteiger partial charge in [0.25, 0.3) is 5.91 Å². The van der Waals surface area contributed by atoms with Gasteiger partial charge in [0.15, 0.2) is 15.6 Å². The Bertz CT molecular complexity index is 620. The van der Waals surface area contributed by atoms with Crippen LogP contribution in [0.2, 0.25) is 0 Å². The second-order valence-electron chi connectivity index (χ2n) is 4.98. The monoisotopic (exact) mass is 316 g/mol. The largest absolute Gasteiger partial charge is 0.357 e. The summed E-state index contributed by atoms with van der Waals surface area (Å²) in [4.78, 5) is 11.7. The second-order valence-corrected chi connectivity index (χ2v) is 7.42. The quantitative estimate of drug-likeness (QED) is 0.580. The van der Waals surface area contributed by atoms with Crippen molar-refractivity contribution in [2.24, 2.45) is 0 Å². The number of sulfone groups is 1. The van der Waals surface area contributed by atoms with E-state index in [1.165, 1.54) is 12.4 Å². The second kappa shape index (κ2) is 6.86. The molecule has 1 aromatic heterocycles. The Morgan fingerprint density at radius 2 is 2.24 bits per heavy atom. The molecule has 0 bridgehead atoms. The van der Waals surface area contributed by atoms with Crippen molar-refractivity contribution in [3.05, 3.63) is 23.6 Å². The van der Waals surface area contributed by atoms with Gasteiger partial charge in [0.05, 0.1) is 5.69 Å². The van der Waals surface area contributed by atoms with Gasteiger partial charge >= 0.3 is 0 Å². The van der Waals surface area contributed by atoms with Crippen LogP contribution in [0.25, 0.3) is 6.08 Å². The van der Waals surface area contributed by atoms with Crippen LogP contribution in [-0.2, 0) is 21.1 Å². The standard InChI is InChI=1S/C13H20N2O5S/c1-4-5-6-11-9-10(15-20-11)7-8-13(2,12(16)14-17)21(3,18)19/h5-6,9,17H,4,7-8H2,1-3H3,(H,14,16). The van der Waals surface area contributed by atoms with E-state index in [2.05, 4.69) is 5.16 Å². The number of nitrogens with zero attached hydrogens (tertiary/aromatic N) is 1. The molecule has 0 fully saturated rings. The van der Waals surface area contributed by atoms with Gasteiger partial charge in [-0.15, -0.1) is 0 Å². The average molecular weight is 316 g/mol. The lowest BCUT2D eigenvalue weighted by Gasteiger charge is -2.24. The summed E-state index contributed by atoms with van der Waals surface area (Å²) in [5.41, 5.74) is 1.96. The smallest absolute Gasteiger partial charge is 0.264 e. The molecule has 118 valence electrons. The van der Waals surface area contributed by atoms with E-state index in [-0.39, 0.29) is 12.8 Å². The highest BCUT2D eigenvalue weighted by atomic mass is 32.2. The third-order valence-electron chi connectivity index (χ3n) is 3.35. The number of hydrogen-bond acceptors (Lipinski definition) is 6. The van der Waals surface area contributed by atoms with Crippen molar-refractivity contribution in [1.82, 2.24) is 10.6 Å². The van der Waals surface area contributed by atoms with E-state index in [0.717, 1.165) is 12.7 Å². The van der Waals surface area contributed by atoms with Crippen LogP contribution in [0.1, 0.15) is 38.1 Å². The highest BCUT2D eigenvalue weighted by Gasteiger charge is 2.43. The molecule has 0 radical (unpaired) electrons. The number of aromatic nitrogens is 1. The van der Waals surface area contributed by atoms with Crippen LogP contribution >= 0.6 is 0 Å². The molecule has 0 saturated heterocycles. The molecule has 1 heterocycles. The lowest BCUT2D eigenvalue weighted by Crippen LogP contribution is -2.49. The van der Waals surface area contributed by atoms with E-state index in [4.69, 9.17) is 9.73 Å². The zero-order chi connectivity index (χ0) is 16.1. The predicted octanol–water partition coefficient (Wildman–Crippen LogP) is 1.34. The molecule has 0 aliphatic rings. The summed E-state index contributed by atoms with van der Waals surface area (Å²) in [5, 5.41) is 12.5. The SMILES string of the molecule is CCC=Cc1cc(CCC(C)(C(=O)NO)S(C)(=O)=O)no1. The number of allylic oxidation sites excluding steroid dienone is 1. The summed E-state index contributed by atoms with van der Waals surface area (Å²) >= 11 is 0. The molecule has 1 aromatic rings. The molecule has 0 aliphatic carbocycles. The molecule has 1 amide bonds. The molecule has 1 unspecified atom stereocenters. The number of rotatable bonds is 7. The lowest BCUT2D eigenvalue weighted by molar-refractivity contribution is -0.131. The number of nitrogens with one attached hydrogen (secondary N) is 1. The van der Waals surface area contributed by atoms with Crippen LogP contribution in [0.3, 0.4) is 0 Å². The van der Waals surface area contributed by atoms with E-state index in [1.54, 1.807) is 12.1 Å². The highest BCUT2D eigenvalue weighted by Crippen LogP contribution is 2.23. The van der Waals surface area contributed by atoms with Crippen LogP contribution < -0.4 is 5.48 Å². The Hall–Kier alpha value is -1.67. The molecule has 8 heteroatoms. The number of hydroxylamine groups is 1. The van der Waals surface area contributed by atoms with Crippen LogP contribution in [0.15, 0.2) is 16.7 Å². The fourth-order valence-corrected chi connectivity index (χ4v) is 2.57. The number of carbonyl (C=O) groups is 1. The molecular formula is C13H20N2O5S. The molecule has 1 atom stereocenters. The minimum absolute atomic E-state index is 0.0122. The molecule has 2 N–H and O–H groups in total. The van der Waals surface area contributed by atoms with Gasteiger partial charge in [-0.3, -0.25) is 10.0 Å². The molecule has 21 heavy (non-hydrogen) atoms. The summed E-state index contributed by atoms with van der Waals surface area (Å²) in [6, 6.07) is 1.69. The number of amides is 1. The molecule has 0 saturated carbocycles. The molecule has 1 rings (SSSR count). The van der Waals surface area contributed by atoms with E-state index >= 15 is 0 Å². The topological polar surface area (TPSA) is 110 Å². The predicted molar refractivity (Wildman–Crippen MR) is 77.3 cm³/mol. The van der Waals surface area contributed by atoms with Gasteiger partial charge in [-0.05, 0) is 32.3 Å². The van der Waals surface area contributed by atoms with E-state index in [0.29, 0.717) is 11.5 Å². The van der Waals surface area contributed by atoms with Gasteiger partial charge in [-0.1, -0.05) is 18.2 Å². The molecule has 0 aromatic carbocycles. The van der Waals surface area contributed by atoms with E-state index < -0.39 is 20.5 Å². The maximum atomic E-state index is 11.8. The van der Waals surface area contributed by atoms with Crippen LogP contribution in [-0.4, -0.2) is 35.7 Å². The van der Waals surface area contributed by atoms with Gasteiger partial charge in [-0.25, -0.2) is 13.9 Å². The fraction of sp³-hybridized carbons (Fsp3) is 0.538. The van der Waals surface area contributed by atoms with Crippen molar-refractivity contribution in [2.45, 2.75) is 37.9 Å².